The lowest BCUT2D eigenvalue weighted by Crippen LogP contribution is -3.00. The molecule has 5 aromatic carbocycles. The van der Waals surface area contributed by atoms with Crippen LogP contribution >= 0.6 is 18.6 Å². The van der Waals surface area contributed by atoms with Crippen molar-refractivity contribution in [2.24, 2.45) is 0 Å². The minimum Gasteiger partial charge on any atom is -1.00 e. The molecule has 1 aromatic heterocycles. The molecule has 0 aliphatic heterocycles. The van der Waals surface area contributed by atoms with Gasteiger partial charge in [-0.1, -0.05) is 97.1 Å². The van der Waals surface area contributed by atoms with Crippen LogP contribution in [-0.4, -0.2) is 4.98 Å². The van der Waals surface area contributed by atoms with Crippen LogP contribution in [0, 0.1) is 0 Å². The maximum Gasteiger partial charge on any atom is 0.117 e. The predicted molar refractivity (Wildman–Crippen MR) is 164 cm³/mol. The van der Waals surface area contributed by atoms with Crippen molar-refractivity contribution in [3.05, 3.63) is 156 Å². The van der Waals surface area contributed by atoms with E-state index < -0.39 is 7.26 Å². The van der Waals surface area contributed by atoms with E-state index in [1.165, 1.54) is 31.7 Å². The van der Waals surface area contributed by atoms with Crippen molar-refractivity contribution in [2.75, 3.05) is 0 Å². The Morgan fingerprint density at radius 1 is 0.553 bits per heavy atom. The lowest BCUT2D eigenvalue weighted by Gasteiger charge is -2.27. The monoisotopic (exact) mass is 591 g/mol. The standard InChI is InChI=1S/C34H27NPS.BrH/c1-4-12-29(13-5-1)36(30-14-6-2-7-15-30,31-16-8-3-9-17-31)26-28-22-20-27(21-23-28)24-25-34-35-32-18-10-11-19-33(32)37-34;/h1-25H,26H2;1H/q+1;/p-1/b25-24+;. The molecule has 0 fully saturated rings. The Balaban J connectivity index is 0.00000294. The fourth-order valence-electron chi connectivity index (χ4n) is 4.91. The molecule has 0 N–H and O–H groups in total. The zero-order valence-electron chi connectivity index (χ0n) is 20.8. The Hall–Kier alpha value is -3.36. The molecule has 4 heteroatoms. The van der Waals surface area contributed by atoms with Gasteiger partial charge in [-0.2, -0.15) is 0 Å². The second kappa shape index (κ2) is 12.0. The average Bonchev–Trinajstić information content (AvgIpc) is 3.40. The molecule has 0 bridgehead atoms. The number of fused-ring (bicyclic) bond motifs is 1. The maximum absolute atomic E-state index is 4.73. The first-order chi connectivity index (χ1) is 18.3. The van der Waals surface area contributed by atoms with Crippen molar-refractivity contribution in [3.63, 3.8) is 0 Å². The molecule has 0 radical (unpaired) electrons. The first kappa shape index (κ1) is 26.3. The number of aromatic nitrogens is 1. The van der Waals surface area contributed by atoms with Crippen LogP contribution in [0.25, 0.3) is 22.4 Å². The summed E-state index contributed by atoms with van der Waals surface area (Å²) in [7, 11) is -1.90. The maximum atomic E-state index is 4.73. The van der Waals surface area contributed by atoms with Crippen molar-refractivity contribution in [2.45, 2.75) is 6.16 Å². The summed E-state index contributed by atoms with van der Waals surface area (Å²) in [6, 6.07) is 50.6. The Bertz CT molecular complexity index is 1500. The molecule has 0 atom stereocenters. The minimum atomic E-state index is -1.90. The third-order valence-electron chi connectivity index (χ3n) is 6.72. The summed E-state index contributed by atoms with van der Waals surface area (Å²) in [6.45, 7) is 0. The molecular weight excluding hydrogens is 565 g/mol. The Morgan fingerprint density at radius 3 is 1.58 bits per heavy atom. The molecule has 0 spiro atoms. The van der Waals surface area contributed by atoms with Gasteiger partial charge in [0, 0.05) is 0 Å². The van der Waals surface area contributed by atoms with Gasteiger partial charge < -0.3 is 17.0 Å². The van der Waals surface area contributed by atoms with Crippen LogP contribution in [0.1, 0.15) is 16.1 Å². The molecule has 0 saturated carbocycles. The SMILES string of the molecule is C(=C\c1nc2ccccc2s1)/c1ccc(C[P+](c2ccccc2)(c2ccccc2)c2ccccc2)cc1.[Br-]. The number of para-hydroxylation sites is 1. The topological polar surface area (TPSA) is 12.9 Å². The summed E-state index contributed by atoms with van der Waals surface area (Å²) in [5, 5.41) is 5.26. The largest absolute Gasteiger partial charge is 1.00 e. The number of benzene rings is 5. The minimum absolute atomic E-state index is 0. The zero-order chi connectivity index (χ0) is 24.9. The second-order valence-corrected chi connectivity index (χ2v) is 13.6. The highest BCUT2D eigenvalue weighted by Gasteiger charge is 2.45. The van der Waals surface area contributed by atoms with E-state index in [1.54, 1.807) is 11.3 Å². The first-order valence-electron chi connectivity index (χ1n) is 12.5. The van der Waals surface area contributed by atoms with E-state index in [2.05, 4.69) is 146 Å². The van der Waals surface area contributed by atoms with Gasteiger partial charge in [-0.25, -0.2) is 4.98 Å². The summed E-state index contributed by atoms with van der Waals surface area (Å²) in [4.78, 5) is 4.73. The van der Waals surface area contributed by atoms with E-state index >= 15 is 0 Å². The van der Waals surface area contributed by atoms with E-state index in [0.29, 0.717) is 0 Å². The highest BCUT2D eigenvalue weighted by atomic mass is 79.9. The van der Waals surface area contributed by atoms with Crippen LogP contribution < -0.4 is 32.9 Å². The third kappa shape index (κ3) is 5.42. The first-order valence-corrected chi connectivity index (χ1v) is 15.3. The highest BCUT2D eigenvalue weighted by Crippen LogP contribution is 2.58. The fourth-order valence-corrected chi connectivity index (χ4v) is 10.0. The Kier molecular flexibility index (Phi) is 8.29. The number of rotatable bonds is 7. The van der Waals surface area contributed by atoms with Crippen LogP contribution in [-0.2, 0) is 6.16 Å². The van der Waals surface area contributed by atoms with Gasteiger partial charge in [-0.3, -0.25) is 0 Å². The Morgan fingerprint density at radius 2 is 1.05 bits per heavy atom. The van der Waals surface area contributed by atoms with Crippen LogP contribution in [0.5, 0.6) is 0 Å². The zero-order valence-corrected chi connectivity index (χ0v) is 24.1. The average molecular weight is 593 g/mol. The third-order valence-corrected chi connectivity index (χ3v) is 12.1. The molecule has 6 rings (SSSR count). The second-order valence-electron chi connectivity index (χ2n) is 9.07. The van der Waals surface area contributed by atoms with Crippen LogP contribution in [0.15, 0.2) is 140 Å². The number of halogens is 1. The van der Waals surface area contributed by atoms with Crippen LogP contribution in [0.2, 0.25) is 0 Å². The van der Waals surface area contributed by atoms with Crippen LogP contribution in [0.3, 0.4) is 0 Å². The Labute approximate surface area is 239 Å². The summed E-state index contributed by atoms with van der Waals surface area (Å²) in [5.41, 5.74) is 3.60. The number of nitrogens with zero attached hydrogens (tertiary/aromatic N) is 1. The molecule has 0 amide bonds. The molecule has 186 valence electrons. The van der Waals surface area contributed by atoms with Gasteiger partial charge in [0.25, 0.3) is 0 Å². The number of hydrogen-bond acceptors (Lipinski definition) is 2. The summed E-state index contributed by atoms with van der Waals surface area (Å²) < 4.78 is 1.22. The van der Waals surface area contributed by atoms with E-state index in [1.807, 2.05) is 6.07 Å². The van der Waals surface area contributed by atoms with E-state index in [9.17, 15) is 0 Å². The molecule has 38 heavy (non-hydrogen) atoms. The lowest BCUT2D eigenvalue weighted by atomic mass is 10.1. The van der Waals surface area contributed by atoms with Gasteiger partial charge in [0.15, 0.2) is 0 Å². The van der Waals surface area contributed by atoms with Gasteiger partial charge in [-0.15, -0.1) is 11.3 Å². The normalized spacial score (nSPS) is 11.5. The van der Waals surface area contributed by atoms with E-state index in [0.717, 1.165) is 16.7 Å². The summed E-state index contributed by atoms with van der Waals surface area (Å²) in [6.07, 6.45) is 5.26. The molecule has 0 aliphatic carbocycles. The predicted octanol–water partition coefficient (Wildman–Crippen LogP) is 4.96. The summed E-state index contributed by atoms with van der Waals surface area (Å²) >= 11 is 1.73. The van der Waals surface area contributed by atoms with Crippen molar-refractivity contribution in [1.29, 1.82) is 0 Å². The molecule has 1 nitrogen and oxygen atoms in total. The van der Waals surface area contributed by atoms with Crippen molar-refractivity contribution < 1.29 is 17.0 Å². The van der Waals surface area contributed by atoms with Gasteiger partial charge in [0.05, 0.1) is 16.4 Å². The molecule has 0 unspecified atom stereocenters. The highest BCUT2D eigenvalue weighted by molar-refractivity contribution is 7.95. The molecule has 6 aromatic rings. The molecule has 0 saturated heterocycles. The summed E-state index contributed by atoms with van der Waals surface area (Å²) in [5.74, 6) is 0. The van der Waals surface area contributed by atoms with Crippen molar-refractivity contribution in [1.82, 2.24) is 4.98 Å². The van der Waals surface area contributed by atoms with Gasteiger partial charge in [-0.05, 0) is 65.7 Å². The van der Waals surface area contributed by atoms with Crippen molar-refractivity contribution >= 4 is 56.9 Å². The smallest absolute Gasteiger partial charge is 0.117 e. The van der Waals surface area contributed by atoms with E-state index in [4.69, 9.17) is 4.98 Å². The quantitative estimate of drug-likeness (QED) is 0.239. The number of thiazole rings is 1. The fraction of sp³-hybridized carbons (Fsp3) is 0.0294. The van der Waals surface area contributed by atoms with E-state index in [-0.39, 0.29) is 17.0 Å². The van der Waals surface area contributed by atoms with Gasteiger partial charge >= 0.3 is 0 Å². The molecule has 1 heterocycles. The van der Waals surface area contributed by atoms with Crippen LogP contribution in [0.4, 0.5) is 0 Å². The number of hydrogen-bond donors (Lipinski definition) is 0. The van der Waals surface area contributed by atoms with Gasteiger partial charge in [0.2, 0.25) is 0 Å². The van der Waals surface area contributed by atoms with Crippen molar-refractivity contribution in [3.8, 4) is 0 Å². The molecule has 0 aliphatic rings. The lowest BCUT2D eigenvalue weighted by molar-refractivity contribution is -0.00000700. The molecular formula is C34H27BrNPS. The van der Waals surface area contributed by atoms with Gasteiger partial charge in [0.1, 0.15) is 28.2 Å².